The Kier molecular flexibility index (Phi) is 4.80. The van der Waals surface area contributed by atoms with E-state index < -0.39 is 17.7 Å². The minimum absolute atomic E-state index is 0.0124. The second-order valence-electron chi connectivity index (χ2n) is 3.15. The fourth-order valence-electron chi connectivity index (χ4n) is 1.16. The van der Waals surface area contributed by atoms with Crippen LogP contribution < -0.4 is 0 Å². The molecule has 0 amide bonds. The van der Waals surface area contributed by atoms with Gasteiger partial charge in [-0.15, -0.1) is 0 Å². The van der Waals surface area contributed by atoms with Crippen LogP contribution in [0.2, 0.25) is 0 Å². The van der Waals surface area contributed by atoms with Gasteiger partial charge in [-0.2, -0.15) is 0 Å². The fourth-order valence-corrected chi connectivity index (χ4v) is 1.98. The zero-order valence-electron chi connectivity index (χ0n) is 8.47. The summed E-state index contributed by atoms with van der Waals surface area (Å²) in [6.07, 6.45) is -2.06. The second kappa shape index (κ2) is 5.68. The van der Waals surface area contributed by atoms with Gasteiger partial charge in [-0.05, 0) is 37.9 Å². The molecule has 16 heavy (non-hydrogen) atoms. The maximum Gasteiger partial charge on any atom is 0.220 e. The van der Waals surface area contributed by atoms with Crippen LogP contribution in [0.4, 0.5) is 4.39 Å². The molecule has 5 heteroatoms. The molecule has 86 valence electrons. The first-order valence-electron chi connectivity index (χ1n) is 4.64. The molecule has 0 radical (unpaired) electrons. The molecule has 0 fully saturated rings. The van der Waals surface area contributed by atoms with Gasteiger partial charge in [0.05, 0.1) is 0 Å². The summed E-state index contributed by atoms with van der Waals surface area (Å²) in [7, 11) is 0. The maximum absolute atomic E-state index is 13.5. The molecule has 0 aliphatic heterocycles. The minimum atomic E-state index is -2.07. The van der Waals surface area contributed by atoms with Crippen molar-refractivity contribution in [3.8, 4) is 0 Å². The van der Waals surface area contributed by atoms with Crippen molar-refractivity contribution in [1.29, 1.82) is 0 Å². The van der Waals surface area contributed by atoms with Crippen molar-refractivity contribution in [2.75, 3.05) is 0 Å². The average Bonchev–Trinajstić information content (AvgIpc) is 2.29. The number of carbonyl (C=O) groups excluding carboxylic acids is 2. The lowest BCUT2D eigenvalue weighted by atomic mass is 10.0. The van der Waals surface area contributed by atoms with Gasteiger partial charge >= 0.3 is 0 Å². The van der Waals surface area contributed by atoms with E-state index in [4.69, 9.17) is 0 Å². The quantitative estimate of drug-likeness (QED) is 0.612. The molecule has 1 atom stereocenters. The van der Waals surface area contributed by atoms with Crippen LogP contribution in [0.3, 0.4) is 0 Å². The van der Waals surface area contributed by atoms with Crippen molar-refractivity contribution in [2.24, 2.45) is 0 Å². The molecule has 0 saturated carbocycles. The smallest absolute Gasteiger partial charge is 0.220 e. The first-order valence-corrected chi connectivity index (χ1v) is 6.22. The highest BCUT2D eigenvalue weighted by Gasteiger charge is 2.27. The standard InChI is InChI=1S/C11H9Br2FO2/c1-2-8(15)10(14)11(16)6-4-3-5-7(12)9(6)13/h3-5,10H,2H2,1H3. The summed E-state index contributed by atoms with van der Waals surface area (Å²) in [5.74, 6) is -1.50. The van der Waals surface area contributed by atoms with E-state index in [9.17, 15) is 14.0 Å². The number of rotatable bonds is 4. The van der Waals surface area contributed by atoms with Crippen LogP contribution in [-0.2, 0) is 4.79 Å². The molecule has 1 rings (SSSR count). The minimum Gasteiger partial charge on any atom is -0.296 e. The Morgan fingerprint density at radius 1 is 1.38 bits per heavy atom. The Bertz CT molecular complexity index is 432. The zero-order valence-corrected chi connectivity index (χ0v) is 11.6. The highest BCUT2D eigenvalue weighted by Crippen LogP contribution is 2.28. The third-order valence-corrected chi connectivity index (χ3v) is 4.13. The number of alkyl halides is 1. The van der Waals surface area contributed by atoms with E-state index in [-0.39, 0.29) is 12.0 Å². The van der Waals surface area contributed by atoms with Crippen LogP contribution in [0.25, 0.3) is 0 Å². The van der Waals surface area contributed by atoms with Gasteiger partial charge in [0, 0.05) is 20.9 Å². The van der Waals surface area contributed by atoms with Gasteiger partial charge in [-0.3, -0.25) is 9.59 Å². The summed E-state index contributed by atoms with van der Waals surface area (Å²) in [6, 6.07) is 4.81. The van der Waals surface area contributed by atoms with Crippen molar-refractivity contribution in [1.82, 2.24) is 0 Å². The molecular weight excluding hydrogens is 343 g/mol. The lowest BCUT2D eigenvalue weighted by molar-refractivity contribution is -0.121. The number of carbonyl (C=O) groups is 2. The monoisotopic (exact) mass is 350 g/mol. The first kappa shape index (κ1) is 13.5. The van der Waals surface area contributed by atoms with Crippen LogP contribution >= 0.6 is 31.9 Å². The molecule has 0 spiro atoms. The number of halogens is 3. The first-order chi connectivity index (χ1) is 7.49. The van der Waals surface area contributed by atoms with Crippen LogP contribution in [-0.4, -0.2) is 17.7 Å². The van der Waals surface area contributed by atoms with Gasteiger partial charge in [0.2, 0.25) is 12.0 Å². The average molecular weight is 352 g/mol. The van der Waals surface area contributed by atoms with Crippen molar-refractivity contribution >= 4 is 43.4 Å². The summed E-state index contributed by atoms with van der Waals surface area (Å²) in [5.41, 5.74) is 0.170. The van der Waals surface area contributed by atoms with Gasteiger partial charge in [-0.1, -0.05) is 19.1 Å². The molecule has 1 unspecified atom stereocenters. The van der Waals surface area contributed by atoms with Gasteiger partial charge in [0.15, 0.2) is 5.78 Å². The highest BCUT2D eigenvalue weighted by molar-refractivity contribution is 9.13. The Morgan fingerprint density at radius 2 is 2.00 bits per heavy atom. The molecular formula is C11H9Br2FO2. The van der Waals surface area contributed by atoms with Crippen molar-refractivity contribution in [3.05, 3.63) is 32.7 Å². The predicted octanol–water partition coefficient (Wildman–Crippen LogP) is 3.71. The third-order valence-electron chi connectivity index (χ3n) is 2.08. The Balaban J connectivity index is 3.06. The third kappa shape index (κ3) is 2.77. The number of benzene rings is 1. The van der Waals surface area contributed by atoms with Crippen molar-refractivity contribution < 1.29 is 14.0 Å². The lowest BCUT2D eigenvalue weighted by Gasteiger charge is -2.07. The Hall–Kier alpha value is -0.550. The summed E-state index contributed by atoms with van der Waals surface area (Å²) >= 11 is 6.39. The highest BCUT2D eigenvalue weighted by atomic mass is 79.9. The van der Waals surface area contributed by atoms with E-state index in [1.54, 1.807) is 12.1 Å². The topological polar surface area (TPSA) is 34.1 Å². The van der Waals surface area contributed by atoms with E-state index in [2.05, 4.69) is 31.9 Å². The van der Waals surface area contributed by atoms with E-state index in [0.717, 1.165) is 0 Å². The molecule has 0 bridgehead atoms. The molecule has 0 aliphatic rings. The van der Waals surface area contributed by atoms with Crippen LogP contribution in [0.15, 0.2) is 27.1 Å². The summed E-state index contributed by atoms with van der Waals surface area (Å²) < 4.78 is 14.6. The zero-order chi connectivity index (χ0) is 12.3. The molecule has 2 nitrogen and oxygen atoms in total. The van der Waals surface area contributed by atoms with Crippen LogP contribution in [0.5, 0.6) is 0 Å². The van der Waals surface area contributed by atoms with Gasteiger partial charge < -0.3 is 0 Å². The summed E-state index contributed by atoms with van der Waals surface area (Å²) in [6.45, 7) is 1.53. The van der Waals surface area contributed by atoms with Crippen molar-refractivity contribution in [2.45, 2.75) is 19.5 Å². The maximum atomic E-state index is 13.5. The predicted molar refractivity (Wildman–Crippen MR) is 66.4 cm³/mol. The second-order valence-corrected chi connectivity index (χ2v) is 4.80. The fraction of sp³-hybridized carbons (Fsp3) is 0.273. The van der Waals surface area contributed by atoms with Gasteiger partial charge in [0.1, 0.15) is 0 Å². The molecule has 1 aromatic carbocycles. The molecule has 0 aromatic heterocycles. The molecule has 0 saturated heterocycles. The molecule has 0 aliphatic carbocycles. The van der Waals surface area contributed by atoms with Gasteiger partial charge in [0.25, 0.3) is 0 Å². The van der Waals surface area contributed by atoms with Crippen molar-refractivity contribution in [3.63, 3.8) is 0 Å². The number of hydrogen-bond acceptors (Lipinski definition) is 2. The number of ketones is 2. The summed E-state index contributed by atoms with van der Waals surface area (Å²) in [4.78, 5) is 22.8. The Labute approximate surface area is 109 Å². The van der Waals surface area contributed by atoms with Crippen LogP contribution in [0, 0.1) is 0 Å². The lowest BCUT2D eigenvalue weighted by Crippen LogP contribution is -2.25. The van der Waals surface area contributed by atoms with Crippen LogP contribution in [0.1, 0.15) is 23.7 Å². The van der Waals surface area contributed by atoms with E-state index in [1.807, 2.05) is 0 Å². The molecule has 0 heterocycles. The van der Waals surface area contributed by atoms with Gasteiger partial charge in [-0.25, -0.2) is 4.39 Å². The van der Waals surface area contributed by atoms with E-state index in [0.29, 0.717) is 8.95 Å². The molecule has 1 aromatic rings. The molecule has 0 N–H and O–H groups in total. The normalized spacial score (nSPS) is 12.2. The van der Waals surface area contributed by atoms with E-state index in [1.165, 1.54) is 13.0 Å². The van der Waals surface area contributed by atoms with E-state index >= 15 is 0 Å². The largest absolute Gasteiger partial charge is 0.296 e. The number of hydrogen-bond donors (Lipinski definition) is 0. The Morgan fingerprint density at radius 3 is 2.56 bits per heavy atom. The number of Topliss-reactive ketones (excluding diaryl/α,β-unsaturated/α-hetero) is 2. The SMILES string of the molecule is CCC(=O)C(F)C(=O)c1cccc(Br)c1Br. The summed E-state index contributed by atoms with van der Waals surface area (Å²) in [5, 5.41) is 0.